The van der Waals surface area contributed by atoms with Crippen molar-refractivity contribution in [2.45, 2.75) is 69.4 Å². The monoisotopic (exact) mass is 302 g/mol. The molecule has 1 spiro atoms. The molecule has 4 nitrogen and oxygen atoms in total. The summed E-state index contributed by atoms with van der Waals surface area (Å²) in [6, 6.07) is 4.09. The Morgan fingerprint density at radius 2 is 2.23 bits per heavy atom. The van der Waals surface area contributed by atoms with Crippen molar-refractivity contribution in [2.75, 3.05) is 6.61 Å². The Balaban J connectivity index is 1.59. The summed E-state index contributed by atoms with van der Waals surface area (Å²) in [6.45, 7) is 2.72. The first kappa shape index (κ1) is 15.5. The summed E-state index contributed by atoms with van der Waals surface area (Å²) in [6.07, 6.45) is 11.5. The second kappa shape index (κ2) is 6.78. The number of pyridine rings is 1. The smallest absolute Gasteiger partial charge is 0.227 e. The highest BCUT2D eigenvalue weighted by atomic mass is 16.5. The zero-order chi connectivity index (χ0) is 15.4. The predicted molar refractivity (Wildman–Crippen MR) is 85.6 cm³/mol. The van der Waals surface area contributed by atoms with Gasteiger partial charge in [-0.25, -0.2) is 0 Å². The van der Waals surface area contributed by atoms with Gasteiger partial charge in [0.15, 0.2) is 0 Å². The minimum absolute atomic E-state index is 0.0337. The molecule has 1 N–H and O–H groups in total. The average molecular weight is 302 g/mol. The van der Waals surface area contributed by atoms with E-state index in [1.165, 1.54) is 19.3 Å². The maximum Gasteiger partial charge on any atom is 0.227 e. The van der Waals surface area contributed by atoms with Crippen LogP contribution in [0.1, 0.15) is 63.4 Å². The summed E-state index contributed by atoms with van der Waals surface area (Å²) in [5.41, 5.74) is 1.01. The fourth-order valence-corrected chi connectivity index (χ4v) is 3.81. The highest BCUT2D eigenvalue weighted by molar-refractivity contribution is 5.83. The summed E-state index contributed by atoms with van der Waals surface area (Å²) >= 11 is 0. The molecule has 2 unspecified atom stereocenters. The zero-order valence-corrected chi connectivity index (χ0v) is 13.4. The molecule has 0 aromatic carbocycles. The van der Waals surface area contributed by atoms with Crippen molar-refractivity contribution >= 4 is 5.91 Å². The molecule has 1 aromatic heterocycles. The molecular weight excluding hydrogens is 276 g/mol. The van der Waals surface area contributed by atoms with Gasteiger partial charge in [0.1, 0.15) is 0 Å². The first-order valence-corrected chi connectivity index (χ1v) is 8.53. The van der Waals surface area contributed by atoms with Gasteiger partial charge >= 0.3 is 0 Å². The van der Waals surface area contributed by atoms with E-state index in [9.17, 15) is 4.79 Å². The van der Waals surface area contributed by atoms with E-state index in [0.717, 1.165) is 37.9 Å². The van der Waals surface area contributed by atoms with Crippen LogP contribution < -0.4 is 5.32 Å². The SMILES string of the molecule is CC(C(=O)NC1CCOC2(CCCCC2)C1)c1cccnc1. The van der Waals surface area contributed by atoms with Crippen molar-refractivity contribution in [2.24, 2.45) is 0 Å². The molecule has 2 aliphatic rings. The van der Waals surface area contributed by atoms with Gasteiger partial charge in [0.05, 0.1) is 11.5 Å². The lowest BCUT2D eigenvalue weighted by Crippen LogP contribution is -2.50. The third kappa shape index (κ3) is 3.49. The Kier molecular flexibility index (Phi) is 4.77. The number of ether oxygens (including phenoxy) is 1. The molecule has 1 amide bonds. The van der Waals surface area contributed by atoms with E-state index < -0.39 is 0 Å². The molecule has 1 aliphatic carbocycles. The van der Waals surface area contributed by atoms with Crippen molar-refractivity contribution in [3.63, 3.8) is 0 Å². The third-order valence-corrected chi connectivity index (χ3v) is 5.18. The molecule has 120 valence electrons. The van der Waals surface area contributed by atoms with Crippen LogP contribution in [0.2, 0.25) is 0 Å². The van der Waals surface area contributed by atoms with E-state index in [4.69, 9.17) is 4.74 Å². The first-order chi connectivity index (χ1) is 10.7. The number of carbonyl (C=O) groups excluding carboxylic acids is 1. The molecule has 2 heterocycles. The van der Waals surface area contributed by atoms with Crippen molar-refractivity contribution in [1.29, 1.82) is 0 Å². The molecule has 1 saturated heterocycles. The summed E-state index contributed by atoms with van der Waals surface area (Å²) in [5, 5.41) is 3.24. The fraction of sp³-hybridized carbons (Fsp3) is 0.667. The van der Waals surface area contributed by atoms with Crippen LogP contribution in [0.15, 0.2) is 24.5 Å². The van der Waals surface area contributed by atoms with Crippen LogP contribution in [0.4, 0.5) is 0 Å². The van der Waals surface area contributed by atoms with E-state index in [1.807, 2.05) is 19.1 Å². The van der Waals surface area contributed by atoms with E-state index in [0.29, 0.717) is 0 Å². The van der Waals surface area contributed by atoms with Crippen molar-refractivity contribution in [1.82, 2.24) is 10.3 Å². The summed E-state index contributed by atoms with van der Waals surface area (Å²) in [4.78, 5) is 16.6. The van der Waals surface area contributed by atoms with Gasteiger partial charge in [-0.2, -0.15) is 0 Å². The highest BCUT2D eigenvalue weighted by Crippen LogP contribution is 2.38. The minimum Gasteiger partial charge on any atom is -0.375 e. The second-order valence-electron chi connectivity index (χ2n) is 6.80. The van der Waals surface area contributed by atoms with Crippen LogP contribution in [0.3, 0.4) is 0 Å². The van der Waals surface area contributed by atoms with Crippen LogP contribution in [0.5, 0.6) is 0 Å². The largest absolute Gasteiger partial charge is 0.375 e. The van der Waals surface area contributed by atoms with Gasteiger partial charge in [-0.05, 0) is 44.2 Å². The molecule has 0 bridgehead atoms. The Hall–Kier alpha value is -1.42. The number of aromatic nitrogens is 1. The molecule has 1 saturated carbocycles. The van der Waals surface area contributed by atoms with Gasteiger partial charge in [0.2, 0.25) is 5.91 Å². The van der Waals surface area contributed by atoms with Gasteiger partial charge in [-0.15, -0.1) is 0 Å². The van der Waals surface area contributed by atoms with E-state index in [2.05, 4.69) is 10.3 Å². The van der Waals surface area contributed by atoms with Crippen molar-refractivity contribution in [3.05, 3.63) is 30.1 Å². The number of rotatable bonds is 3. The average Bonchev–Trinajstić information content (AvgIpc) is 2.56. The topological polar surface area (TPSA) is 51.2 Å². The number of hydrogen-bond acceptors (Lipinski definition) is 3. The molecule has 4 heteroatoms. The molecule has 22 heavy (non-hydrogen) atoms. The Labute approximate surface area is 132 Å². The molecular formula is C18H26N2O2. The van der Waals surface area contributed by atoms with E-state index in [1.54, 1.807) is 12.4 Å². The van der Waals surface area contributed by atoms with Gasteiger partial charge in [0.25, 0.3) is 0 Å². The van der Waals surface area contributed by atoms with Crippen LogP contribution in [0.25, 0.3) is 0 Å². The van der Waals surface area contributed by atoms with E-state index >= 15 is 0 Å². The van der Waals surface area contributed by atoms with Crippen LogP contribution >= 0.6 is 0 Å². The fourth-order valence-electron chi connectivity index (χ4n) is 3.81. The second-order valence-corrected chi connectivity index (χ2v) is 6.80. The maximum absolute atomic E-state index is 12.5. The normalized spacial score (nSPS) is 25.6. The lowest BCUT2D eigenvalue weighted by Gasteiger charge is -2.43. The molecule has 0 radical (unpaired) electrons. The number of amides is 1. The minimum atomic E-state index is -0.154. The first-order valence-electron chi connectivity index (χ1n) is 8.53. The van der Waals surface area contributed by atoms with Gasteiger partial charge in [-0.3, -0.25) is 9.78 Å². The molecule has 1 aromatic rings. The van der Waals surface area contributed by atoms with Crippen molar-refractivity contribution in [3.8, 4) is 0 Å². The van der Waals surface area contributed by atoms with Crippen LogP contribution in [0, 0.1) is 0 Å². The number of nitrogens with one attached hydrogen (secondary N) is 1. The third-order valence-electron chi connectivity index (χ3n) is 5.18. The lowest BCUT2D eigenvalue weighted by atomic mass is 9.78. The van der Waals surface area contributed by atoms with Crippen LogP contribution in [-0.2, 0) is 9.53 Å². The Morgan fingerprint density at radius 3 is 2.95 bits per heavy atom. The van der Waals surface area contributed by atoms with Gasteiger partial charge in [-0.1, -0.05) is 25.3 Å². The van der Waals surface area contributed by atoms with Gasteiger partial charge in [0, 0.05) is 25.0 Å². The molecule has 2 fully saturated rings. The van der Waals surface area contributed by atoms with Crippen LogP contribution in [-0.4, -0.2) is 29.1 Å². The van der Waals surface area contributed by atoms with Gasteiger partial charge < -0.3 is 10.1 Å². The quantitative estimate of drug-likeness (QED) is 0.933. The Morgan fingerprint density at radius 1 is 1.41 bits per heavy atom. The molecule has 3 rings (SSSR count). The highest BCUT2D eigenvalue weighted by Gasteiger charge is 2.39. The summed E-state index contributed by atoms with van der Waals surface area (Å²) in [5.74, 6) is -0.0512. The van der Waals surface area contributed by atoms with Crippen molar-refractivity contribution < 1.29 is 9.53 Å². The maximum atomic E-state index is 12.5. The summed E-state index contributed by atoms with van der Waals surface area (Å²) in [7, 11) is 0. The van der Waals surface area contributed by atoms with E-state index in [-0.39, 0.29) is 23.5 Å². The standard InChI is InChI=1S/C18H26N2O2/c1-14(15-6-5-10-19-13-15)17(21)20-16-7-11-22-18(12-16)8-3-2-4-9-18/h5-6,10,13-14,16H,2-4,7-9,11-12H2,1H3,(H,20,21). The number of carbonyl (C=O) groups is 1. The molecule has 1 aliphatic heterocycles. The number of nitrogens with zero attached hydrogens (tertiary/aromatic N) is 1. The molecule has 2 atom stereocenters. The number of hydrogen-bond donors (Lipinski definition) is 1. The lowest BCUT2D eigenvalue weighted by molar-refractivity contribution is -0.129. The predicted octanol–water partition coefficient (Wildman–Crippen LogP) is 3.18. The summed E-state index contributed by atoms with van der Waals surface area (Å²) < 4.78 is 6.10. The zero-order valence-electron chi connectivity index (χ0n) is 13.4. The Bertz CT molecular complexity index is 492.